The standard InChI is InChI=1S/C92H64F4N2Si/c1-5-59-15-19-61(20-16-59)63-23-27-65(28-24-63)91(67-31-35-69(93)36-32-67)85-13-9-7-11-79(85)81-51-47-77(57-87(81)91)97(73-43-39-71(95)40-44-73)75-49-53-89-83(55-75)84-56-76(50-54-90(84)99(89,3)4)98(74-45-41-72(96)42-46-74)78-48-52-82-80-12-8-10-14-86(80)92(88(82)58-78,68-33-37-70(94)38-34-68)66-29-25-64(26-30-66)62-21-17-60(6-2)18-22-62/h5-58H,1-2H2,3-4H3. The fraction of sp³-hybridized carbons (Fsp3) is 0.0435. The molecule has 0 bridgehead atoms. The second-order valence-electron chi connectivity index (χ2n) is 26.6. The quantitative estimate of drug-likeness (QED) is 0.0791. The normalized spacial score (nSPS) is 15.6. The van der Waals surface area contributed by atoms with Gasteiger partial charge in [-0.25, -0.2) is 17.6 Å². The lowest BCUT2D eigenvalue weighted by Gasteiger charge is -2.35. The van der Waals surface area contributed by atoms with E-state index < -0.39 is 18.9 Å². The minimum atomic E-state index is -2.38. The molecule has 3 aliphatic rings. The zero-order chi connectivity index (χ0) is 67.3. The molecular formula is C92H64F4N2Si. The maximum absolute atomic E-state index is 15.3. The number of nitrogens with zero attached hydrogens (tertiary/aromatic N) is 2. The Morgan fingerprint density at radius 1 is 0.273 bits per heavy atom. The maximum Gasteiger partial charge on any atom is 0.123 e. The first-order chi connectivity index (χ1) is 48.3. The predicted molar refractivity (Wildman–Crippen MR) is 403 cm³/mol. The van der Waals surface area contributed by atoms with Gasteiger partial charge in [-0.1, -0.05) is 233 Å². The van der Waals surface area contributed by atoms with Gasteiger partial charge < -0.3 is 9.80 Å². The van der Waals surface area contributed by atoms with E-state index in [2.05, 4.69) is 254 Å². The van der Waals surface area contributed by atoms with Gasteiger partial charge in [-0.3, -0.25) is 0 Å². The summed E-state index contributed by atoms with van der Waals surface area (Å²) >= 11 is 0. The van der Waals surface area contributed by atoms with E-state index in [1.54, 1.807) is 24.3 Å². The summed E-state index contributed by atoms with van der Waals surface area (Å²) in [5.74, 6) is -1.33. The zero-order valence-corrected chi connectivity index (χ0v) is 55.5. The number of benzene rings is 14. The third-order valence-electron chi connectivity index (χ3n) is 21.1. The largest absolute Gasteiger partial charge is 0.310 e. The minimum absolute atomic E-state index is 0.320. The average Bonchev–Trinajstić information content (AvgIpc) is 1.57. The molecule has 0 spiro atoms. The second-order valence-corrected chi connectivity index (χ2v) is 30.9. The van der Waals surface area contributed by atoms with E-state index in [-0.39, 0.29) is 23.3 Å². The van der Waals surface area contributed by atoms with Gasteiger partial charge in [0.15, 0.2) is 0 Å². The molecule has 1 heterocycles. The molecule has 2 nitrogen and oxygen atoms in total. The molecule has 0 saturated heterocycles. The highest BCUT2D eigenvalue weighted by molar-refractivity contribution is 7.03. The molecule has 7 heteroatoms. The maximum atomic E-state index is 15.3. The van der Waals surface area contributed by atoms with Gasteiger partial charge in [0.2, 0.25) is 0 Å². The molecule has 2 unspecified atom stereocenters. The van der Waals surface area contributed by atoms with Crippen LogP contribution in [0, 0.1) is 23.3 Å². The molecule has 2 atom stereocenters. The first kappa shape index (κ1) is 60.7. The van der Waals surface area contributed by atoms with Gasteiger partial charge in [0, 0.05) is 34.1 Å². The Bertz CT molecular complexity index is 5170. The summed E-state index contributed by atoms with van der Waals surface area (Å²) in [5, 5.41) is 2.56. The minimum Gasteiger partial charge on any atom is -0.310 e. The SMILES string of the molecule is C=Cc1ccc(-c2ccc(C3(c4ccc(F)cc4)c4ccccc4-c4ccc(N(c5ccc(F)cc5)c5ccc6c(c5)-c5cc(N(c7ccc(F)cc7)c7ccc8c(c7)C(c7ccc(F)cc7)(c7ccc(-c9ccc(C=C)cc9)cc7)c7ccccc7-8)ccc5[Si]6(C)C)cc43)cc2)cc1. The Morgan fingerprint density at radius 2 is 0.545 bits per heavy atom. The highest BCUT2D eigenvalue weighted by Gasteiger charge is 2.49. The van der Waals surface area contributed by atoms with E-state index in [1.165, 1.54) is 34.6 Å². The fourth-order valence-corrected chi connectivity index (χ4v) is 19.4. The van der Waals surface area contributed by atoms with Gasteiger partial charge >= 0.3 is 0 Å². The highest BCUT2D eigenvalue weighted by atomic mass is 28.3. The summed E-state index contributed by atoms with van der Waals surface area (Å²) in [6, 6.07) is 105. The van der Waals surface area contributed by atoms with Crippen molar-refractivity contribution in [1.29, 1.82) is 0 Å². The summed E-state index contributed by atoms with van der Waals surface area (Å²) < 4.78 is 61.1. The van der Waals surface area contributed by atoms with Crippen LogP contribution in [0.25, 0.3) is 67.8 Å². The van der Waals surface area contributed by atoms with Gasteiger partial charge in [-0.2, -0.15) is 0 Å². The van der Waals surface area contributed by atoms with E-state index in [4.69, 9.17) is 0 Å². The Hall–Kier alpha value is -11.9. The first-order valence-electron chi connectivity index (χ1n) is 33.4. The number of hydrogen-bond acceptors (Lipinski definition) is 2. The van der Waals surface area contributed by atoms with Crippen molar-refractivity contribution < 1.29 is 17.6 Å². The molecule has 0 radical (unpaired) electrons. The number of hydrogen-bond donors (Lipinski definition) is 0. The second kappa shape index (κ2) is 23.7. The van der Waals surface area contributed by atoms with Crippen molar-refractivity contribution in [3.63, 3.8) is 0 Å². The Balaban J connectivity index is 0.821. The molecule has 0 amide bonds. The van der Waals surface area contributed by atoms with Gasteiger partial charge in [0.25, 0.3) is 0 Å². The van der Waals surface area contributed by atoms with Crippen LogP contribution in [-0.4, -0.2) is 8.07 Å². The molecule has 14 aromatic rings. The number of anilines is 6. The van der Waals surface area contributed by atoms with Crippen LogP contribution in [0.1, 0.15) is 55.6 Å². The van der Waals surface area contributed by atoms with E-state index in [1.807, 2.05) is 60.7 Å². The van der Waals surface area contributed by atoms with Crippen molar-refractivity contribution in [3.8, 4) is 55.6 Å². The van der Waals surface area contributed by atoms with E-state index in [0.29, 0.717) is 0 Å². The Morgan fingerprint density at radius 3 is 0.889 bits per heavy atom. The summed E-state index contributed by atoms with van der Waals surface area (Å²) in [5.41, 5.74) is 24.2. The van der Waals surface area contributed by atoms with Gasteiger partial charge in [0.1, 0.15) is 31.3 Å². The fourth-order valence-electron chi connectivity index (χ4n) is 16.3. The first-order valence-corrected chi connectivity index (χ1v) is 36.4. The molecular weight excluding hydrogens is 1240 g/mol. The summed E-state index contributed by atoms with van der Waals surface area (Å²) in [4.78, 5) is 4.44. The van der Waals surface area contributed by atoms with Crippen molar-refractivity contribution in [1.82, 2.24) is 0 Å². The molecule has 14 aromatic carbocycles. The lowest BCUT2D eigenvalue weighted by atomic mass is 9.67. The monoisotopic (exact) mass is 1300 g/mol. The molecule has 474 valence electrons. The molecule has 0 saturated carbocycles. The summed E-state index contributed by atoms with van der Waals surface area (Å²) in [6.45, 7) is 12.7. The van der Waals surface area contributed by atoms with E-state index in [9.17, 15) is 0 Å². The molecule has 1 aliphatic heterocycles. The molecule has 0 N–H and O–H groups in total. The van der Waals surface area contributed by atoms with Crippen LogP contribution < -0.4 is 20.2 Å². The van der Waals surface area contributed by atoms with Crippen LogP contribution in [0.2, 0.25) is 13.1 Å². The summed E-state index contributed by atoms with van der Waals surface area (Å²) in [6.07, 6.45) is 3.69. The van der Waals surface area contributed by atoms with Gasteiger partial charge in [-0.05, 0) is 243 Å². The van der Waals surface area contributed by atoms with Gasteiger partial charge in [0.05, 0.1) is 10.8 Å². The Kier molecular flexibility index (Phi) is 14.6. The Labute approximate surface area is 575 Å². The summed E-state index contributed by atoms with van der Waals surface area (Å²) in [7, 11) is -2.38. The molecule has 99 heavy (non-hydrogen) atoms. The van der Waals surface area contributed by atoms with Crippen molar-refractivity contribution in [2.75, 3.05) is 9.80 Å². The van der Waals surface area contributed by atoms with Gasteiger partial charge in [-0.15, -0.1) is 0 Å². The lowest BCUT2D eigenvalue weighted by Crippen LogP contribution is -2.49. The van der Waals surface area contributed by atoms with E-state index >= 15 is 17.6 Å². The third-order valence-corrected chi connectivity index (χ3v) is 24.6. The molecule has 0 aromatic heterocycles. The van der Waals surface area contributed by atoms with Crippen LogP contribution in [0.4, 0.5) is 51.7 Å². The van der Waals surface area contributed by atoms with Crippen LogP contribution in [0.15, 0.2) is 329 Å². The molecule has 0 fully saturated rings. The number of rotatable bonds is 14. The average molecular weight is 1300 g/mol. The van der Waals surface area contributed by atoms with Crippen LogP contribution >= 0.6 is 0 Å². The third kappa shape index (κ3) is 9.73. The van der Waals surface area contributed by atoms with Crippen LogP contribution in [0.3, 0.4) is 0 Å². The van der Waals surface area contributed by atoms with Crippen LogP contribution in [0.5, 0.6) is 0 Å². The van der Waals surface area contributed by atoms with E-state index in [0.717, 1.165) is 145 Å². The van der Waals surface area contributed by atoms with Crippen molar-refractivity contribution in [3.05, 3.63) is 408 Å². The molecule has 2 aliphatic carbocycles. The number of fused-ring (bicyclic) bond motifs is 9. The van der Waals surface area contributed by atoms with Crippen molar-refractivity contribution in [2.24, 2.45) is 0 Å². The zero-order valence-electron chi connectivity index (χ0n) is 54.5. The topological polar surface area (TPSA) is 6.48 Å². The molecule has 17 rings (SSSR count). The van der Waals surface area contributed by atoms with Crippen LogP contribution in [-0.2, 0) is 10.8 Å². The van der Waals surface area contributed by atoms with Crippen molar-refractivity contribution >= 4 is 64.7 Å². The van der Waals surface area contributed by atoms with Crippen molar-refractivity contribution in [2.45, 2.75) is 23.9 Å². The highest BCUT2D eigenvalue weighted by Crippen LogP contribution is 2.60. The lowest BCUT2D eigenvalue weighted by molar-refractivity contribution is 0.624. The predicted octanol–water partition coefficient (Wildman–Crippen LogP) is 23.3. The number of halogens is 4. The smallest absolute Gasteiger partial charge is 0.123 e.